The summed E-state index contributed by atoms with van der Waals surface area (Å²) < 4.78 is 37.0. The van der Waals surface area contributed by atoms with Gasteiger partial charge in [0.05, 0.1) is 6.61 Å². The summed E-state index contributed by atoms with van der Waals surface area (Å²) in [6, 6.07) is 1.30. The van der Waals surface area contributed by atoms with Crippen molar-refractivity contribution in [2.45, 2.75) is 78.3 Å². The van der Waals surface area contributed by atoms with Crippen LogP contribution in [0.2, 0.25) is 0 Å². The molecular formula is C23H38N3O10PS2. The average molecular weight is 612 g/mol. The smallest absolute Gasteiger partial charge is 0.387 e. The summed E-state index contributed by atoms with van der Waals surface area (Å²) in [6.45, 7) is 9.16. The summed E-state index contributed by atoms with van der Waals surface area (Å²) in [5.41, 5.74) is 2.86. The first-order chi connectivity index (χ1) is 17.8. The predicted octanol–water partition coefficient (Wildman–Crippen LogP) is 1.43. The van der Waals surface area contributed by atoms with E-state index in [4.69, 9.17) is 24.0 Å². The van der Waals surface area contributed by atoms with Crippen molar-refractivity contribution < 1.29 is 42.7 Å². The molecule has 1 saturated heterocycles. The second-order valence-electron chi connectivity index (χ2n) is 11.1. The van der Waals surface area contributed by atoms with Gasteiger partial charge in [-0.3, -0.25) is 27.7 Å². The van der Waals surface area contributed by atoms with E-state index in [9.17, 15) is 29.2 Å². The lowest BCUT2D eigenvalue weighted by molar-refractivity contribution is -0.136. The minimum absolute atomic E-state index is 0.0495. The van der Waals surface area contributed by atoms with Gasteiger partial charge in [0.15, 0.2) is 17.8 Å². The van der Waals surface area contributed by atoms with Crippen molar-refractivity contribution in [3.8, 4) is 0 Å². The van der Waals surface area contributed by atoms with Crippen molar-refractivity contribution in [1.29, 1.82) is 0 Å². The lowest BCUT2D eigenvalue weighted by Gasteiger charge is -2.30. The minimum Gasteiger partial charge on any atom is -0.387 e. The number of rotatable bonds is 12. The van der Waals surface area contributed by atoms with E-state index in [2.05, 4.69) is 30.2 Å². The van der Waals surface area contributed by atoms with Crippen LogP contribution in [-0.2, 0) is 32.5 Å². The number of hydrogen-bond donors (Lipinski definition) is 5. The highest BCUT2D eigenvalue weighted by Gasteiger charge is 2.47. The number of carbonyl (C=O) groups excluding carboxylic acids is 2. The minimum atomic E-state index is -4.73. The molecule has 39 heavy (non-hydrogen) atoms. The number of anilines is 1. The van der Waals surface area contributed by atoms with E-state index < -0.39 is 79.3 Å². The molecule has 2 rings (SSSR count). The molecule has 0 saturated carbocycles. The van der Waals surface area contributed by atoms with Crippen LogP contribution in [0.5, 0.6) is 0 Å². The molecule has 4 N–H and O–H groups in total. The van der Waals surface area contributed by atoms with Crippen molar-refractivity contribution in [2.24, 2.45) is 10.8 Å². The Kier molecular flexibility index (Phi) is 11.4. The standard InChI is InChI=1S/C23H38N3O10PS2/c1-22(2,3)18(29)13(10-38)35-37(32,36-14(11-39)19(30)23(4,5)6)33-9-12-16(27)17(28)20(34-12)26-8-7-15(24)25-21(26)31/h7-8,12-14,16-17,20,27-28,38-39H,9-11H2,1-6H3,(H2,24,25,31)/t12-,13-,14-,16-,17+,20-/m1/s1. The van der Waals surface area contributed by atoms with E-state index in [0.717, 1.165) is 4.57 Å². The number of hydrogen-bond acceptors (Lipinski definition) is 14. The number of aliphatic hydroxyl groups is 2. The van der Waals surface area contributed by atoms with Crippen LogP contribution in [0.1, 0.15) is 47.8 Å². The Balaban J connectivity index is 2.33. The molecule has 0 aromatic carbocycles. The molecule has 1 aromatic heterocycles. The van der Waals surface area contributed by atoms with E-state index in [0.29, 0.717) is 0 Å². The Morgan fingerprint density at radius 1 is 1.08 bits per heavy atom. The van der Waals surface area contributed by atoms with Gasteiger partial charge in [-0.1, -0.05) is 41.5 Å². The molecule has 6 atom stereocenters. The Hall–Kier alpha value is -1.29. The molecule has 2 heterocycles. The van der Waals surface area contributed by atoms with Crippen molar-refractivity contribution in [1.82, 2.24) is 9.55 Å². The Bertz CT molecular complexity index is 1100. The maximum absolute atomic E-state index is 13.9. The molecule has 1 aliphatic rings. The summed E-state index contributed by atoms with van der Waals surface area (Å²) >= 11 is 8.29. The number of aliphatic hydroxyl groups excluding tert-OH is 2. The highest BCUT2D eigenvalue weighted by atomic mass is 32.1. The average Bonchev–Trinajstić information content (AvgIpc) is 3.11. The maximum atomic E-state index is 13.9. The molecule has 0 aliphatic carbocycles. The van der Waals surface area contributed by atoms with Gasteiger partial charge in [0.2, 0.25) is 0 Å². The van der Waals surface area contributed by atoms with Crippen molar-refractivity contribution >= 4 is 50.5 Å². The van der Waals surface area contributed by atoms with Gasteiger partial charge in [-0.25, -0.2) is 9.36 Å². The van der Waals surface area contributed by atoms with E-state index in [1.165, 1.54) is 12.3 Å². The van der Waals surface area contributed by atoms with Gasteiger partial charge < -0.3 is 20.7 Å². The monoisotopic (exact) mass is 611 g/mol. The van der Waals surface area contributed by atoms with E-state index in [1.54, 1.807) is 41.5 Å². The van der Waals surface area contributed by atoms with Crippen LogP contribution in [-0.4, -0.2) is 80.0 Å². The predicted molar refractivity (Wildman–Crippen MR) is 149 cm³/mol. The van der Waals surface area contributed by atoms with E-state index in [1.807, 2.05) is 0 Å². The quantitative estimate of drug-likeness (QED) is 0.169. The normalized spacial score (nSPS) is 23.9. The van der Waals surface area contributed by atoms with Gasteiger partial charge in [0, 0.05) is 28.5 Å². The van der Waals surface area contributed by atoms with Gasteiger partial charge in [0.1, 0.15) is 36.3 Å². The third kappa shape index (κ3) is 8.60. The van der Waals surface area contributed by atoms with Gasteiger partial charge in [-0.05, 0) is 6.07 Å². The van der Waals surface area contributed by atoms with Crippen LogP contribution >= 0.6 is 33.1 Å². The molecule has 1 aromatic rings. The molecule has 0 spiro atoms. The SMILES string of the molecule is CC(C)(C)C(=O)[C@@H](CS)OP(=O)(OC[C@H]1O[C@@H](n2ccc(N)nc2=O)[C@@H](O)[C@@H]1O)O[C@H](CS)C(=O)C(C)(C)C. The van der Waals surface area contributed by atoms with Crippen LogP contribution in [0.4, 0.5) is 5.82 Å². The number of carbonyl (C=O) groups is 2. The third-order valence-corrected chi connectivity index (χ3v) is 7.92. The zero-order valence-electron chi connectivity index (χ0n) is 22.7. The molecule has 0 bridgehead atoms. The first-order valence-electron chi connectivity index (χ1n) is 12.1. The summed E-state index contributed by atoms with van der Waals surface area (Å²) in [5.74, 6) is -1.30. The molecule has 0 amide bonds. The molecule has 222 valence electrons. The third-order valence-electron chi connectivity index (χ3n) is 5.77. The molecule has 1 aliphatic heterocycles. The van der Waals surface area contributed by atoms with Crippen molar-refractivity contribution in [2.75, 3.05) is 23.8 Å². The highest BCUT2D eigenvalue weighted by Crippen LogP contribution is 2.53. The van der Waals surface area contributed by atoms with Crippen LogP contribution < -0.4 is 11.4 Å². The van der Waals surface area contributed by atoms with Crippen molar-refractivity contribution in [3.05, 3.63) is 22.7 Å². The maximum Gasteiger partial charge on any atom is 0.476 e. The molecular weight excluding hydrogens is 573 g/mol. The second kappa shape index (κ2) is 13.1. The topological polar surface area (TPSA) is 189 Å². The van der Waals surface area contributed by atoms with Gasteiger partial charge in [-0.15, -0.1) is 0 Å². The zero-order chi connectivity index (χ0) is 29.9. The fourth-order valence-electron chi connectivity index (χ4n) is 3.57. The molecule has 16 heteroatoms. The lowest BCUT2D eigenvalue weighted by Crippen LogP contribution is -2.39. The number of ketones is 2. The molecule has 13 nitrogen and oxygen atoms in total. The van der Waals surface area contributed by atoms with Crippen LogP contribution in [0.25, 0.3) is 0 Å². The first-order valence-corrected chi connectivity index (χ1v) is 14.8. The Labute approximate surface area is 238 Å². The molecule has 0 unspecified atom stereocenters. The number of phosphoric ester groups is 1. The number of nitrogen functional groups attached to an aromatic ring is 1. The number of Topliss-reactive ketones (excluding diaryl/α,β-unsaturated/α-hetero) is 2. The summed E-state index contributed by atoms with van der Waals surface area (Å²) in [7, 11) is -4.73. The Morgan fingerprint density at radius 2 is 1.56 bits per heavy atom. The molecule has 0 radical (unpaired) electrons. The van der Waals surface area contributed by atoms with Gasteiger partial charge >= 0.3 is 13.5 Å². The number of nitrogens with two attached hydrogens (primary N) is 1. The Morgan fingerprint density at radius 3 is 1.97 bits per heavy atom. The van der Waals surface area contributed by atoms with E-state index in [-0.39, 0.29) is 17.3 Å². The van der Waals surface area contributed by atoms with Crippen LogP contribution in [0.15, 0.2) is 17.1 Å². The summed E-state index contributed by atoms with van der Waals surface area (Å²) in [6.07, 6.45) is -7.32. The number of aromatic nitrogens is 2. The fourth-order valence-corrected chi connectivity index (χ4v) is 5.75. The second-order valence-corrected chi connectivity index (χ2v) is 13.4. The highest BCUT2D eigenvalue weighted by molar-refractivity contribution is 7.80. The fraction of sp³-hybridized carbons (Fsp3) is 0.739. The summed E-state index contributed by atoms with van der Waals surface area (Å²) in [5, 5.41) is 21.1. The lowest BCUT2D eigenvalue weighted by atomic mass is 9.88. The number of thiol groups is 2. The first kappa shape index (κ1) is 33.9. The van der Waals surface area contributed by atoms with Crippen molar-refractivity contribution in [3.63, 3.8) is 0 Å². The number of nitrogens with zero attached hydrogens (tertiary/aromatic N) is 2. The summed E-state index contributed by atoms with van der Waals surface area (Å²) in [4.78, 5) is 41.6. The number of ether oxygens (including phenoxy) is 1. The van der Waals surface area contributed by atoms with Gasteiger partial charge in [-0.2, -0.15) is 30.2 Å². The van der Waals surface area contributed by atoms with Gasteiger partial charge in [0.25, 0.3) is 0 Å². The van der Waals surface area contributed by atoms with Crippen LogP contribution in [0, 0.1) is 10.8 Å². The molecule has 1 fully saturated rings. The zero-order valence-corrected chi connectivity index (χ0v) is 25.4. The number of phosphoric acid groups is 1. The van der Waals surface area contributed by atoms with Crippen LogP contribution in [0.3, 0.4) is 0 Å². The largest absolute Gasteiger partial charge is 0.476 e. The van der Waals surface area contributed by atoms with E-state index >= 15 is 0 Å².